The smallest absolute Gasteiger partial charge is 0.168 e. The second kappa shape index (κ2) is 9.31. The van der Waals surface area contributed by atoms with Crippen molar-refractivity contribution in [2.24, 2.45) is 5.73 Å². The van der Waals surface area contributed by atoms with Gasteiger partial charge < -0.3 is 15.6 Å². The van der Waals surface area contributed by atoms with E-state index in [0.717, 1.165) is 48.4 Å². The number of nitrogens with two attached hydrogens (primary N) is 1. The lowest BCUT2D eigenvalue weighted by molar-refractivity contribution is 0.690. The van der Waals surface area contributed by atoms with Crippen molar-refractivity contribution in [3.05, 3.63) is 83.7 Å². The molecule has 0 radical (unpaired) electrons. The number of hydrogen-bond acceptors (Lipinski definition) is 2. The first-order chi connectivity index (χ1) is 15.0. The van der Waals surface area contributed by atoms with Crippen molar-refractivity contribution < 1.29 is 0 Å². The monoisotopic (exact) mass is 428 g/mol. The highest BCUT2D eigenvalue weighted by Crippen LogP contribution is 2.26. The average Bonchev–Trinajstić information content (AvgIpc) is 3.09. The summed E-state index contributed by atoms with van der Waals surface area (Å²) in [6, 6.07) is 23.4. The van der Waals surface area contributed by atoms with Gasteiger partial charge in [-0.05, 0) is 66.0 Å². The van der Waals surface area contributed by atoms with Crippen molar-refractivity contribution in [1.29, 1.82) is 0 Å². The fourth-order valence-corrected chi connectivity index (χ4v) is 4.08. The third-order valence-electron chi connectivity index (χ3n) is 5.60. The number of nitrogens with zero attached hydrogens (tertiary/aromatic N) is 2. The van der Waals surface area contributed by atoms with Crippen LogP contribution in [0.2, 0.25) is 0 Å². The Morgan fingerprint density at radius 2 is 1.84 bits per heavy atom. The van der Waals surface area contributed by atoms with Crippen molar-refractivity contribution in [2.75, 3.05) is 5.32 Å². The number of aromatic nitrogens is 2. The lowest BCUT2D eigenvalue weighted by Crippen LogP contribution is -2.18. The number of hydrogen-bond donors (Lipinski definition) is 2. The Bertz CT molecular complexity index is 1210. The van der Waals surface area contributed by atoms with Crippen LogP contribution in [0.4, 0.5) is 5.69 Å². The van der Waals surface area contributed by atoms with Crippen LogP contribution in [0.3, 0.4) is 0 Å². The second-order valence-corrected chi connectivity index (χ2v) is 8.36. The predicted molar refractivity (Wildman–Crippen MR) is 134 cm³/mol. The first-order valence-corrected chi connectivity index (χ1v) is 11.2. The molecule has 1 heterocycles. The minimum absolute atomic E-state index is 0.267. The molecule has 4 rings (SSSR count). The summed E-state index contributed by atoms with van der Waals surface area (Å²) in [4.78, 5) is 4.91. The third kappa shape index (κ3) is 4.78. The van der Waals surface area contributed by atoms with E-state index in [1.807, 2.05) is 12.1 Å². The van der Waals surface area contributed by atoms with E-state index >= 15 is 0 Å². The Morgan fingerprint density at radius 1 is 1.06 bits per heavy atom. The first kappa shape index (κ1) is 21.1. The van der Waals surface area contributed by atoms with Crippen LogP contribution in [0.25, 0.3) is 22.2 Å². The summed E-state index contributed by atoms with van der Waals surface area (Å²) in [5, 5.41) is 3.31. The maximum Gasteiger partial charge on any atom is 0.168 e. The van der Waals surface area contributed by atoms with Gasteiger partial charge >= 0.3 is 0 Å². The molecule has 0 unspecified atom stereocenters. The van der Waals surface area contributed by atoms with Gasteiger partial charge in [0.2, 0.25) is 0 Å². The van der Waals surface area contributed by atoms with Crippen LogP contribution in [-0.2, 0) is 13.0 Å². The second-order valence-electron chi connectivity index (χ2n) is 7.92. The van der Waals surface area contributed by atoms with E-state index in [0.29, 0.717) is 0 Å². The molecule has 31 heavy (non-hydrogen) atoms. The number of unbranched alkanes of at least 4 members (excludes halogenated alkanes) is 1. The lowest BCUT2D eigenvalue weighted by atomic mass is 9.99. The summed E-state index contributed by atoms with van der Waals surface area (Å²) >= 11 is 5.01. The Labute approximate surface area is 189 Å². The van der Waals surface area contributed by atoms with Gasteiger partial charge in [-0.2, -0.15) is 0 Å². The fraction of sp³-hybridized carbons (Fsp3) is 0.231. The quantitative estimate of drug-likeness (QED) is 0.351. The van der Waals surface area contributed by atoms with E-state index in [2.05, 4.69) is 78.3 Å². The molecule has 158 valence electrons. The molecule has 0 fully saturated rings. The molecule has 0 amide bonds. The molecule has 5 heteroatoms. The van der Waals surface area contributed by atoms with E-state index in [4.69, 9.17) is 22.9 Å². The van der Waals surface area contributed by atoms with Crippen LogP contribution in [0.5, 0.6) is 0 Å². The number of fused-ring (bicyclic) bond motifs is 1. The van der Waals surface area contributed by atoms with Crippen LogP contribution in [0.1, 0.15) is 36.7 Å². The number of rotatable bonds is 7. The summed E-state index contributed by atoms with van der Waals surface area (Å²) in [6.45, 7) is 5.14. The van der Waals surface area contributed by atoms with Crippen LogP contribution >= 0.6 is 12.2 Å². The topological polar surface area (TPSA) is 55.9 Å². The lowest BCUT2D eigenvalue weighted by Gasteiger charge is -2.12. The van der Waals surface area contributed by atoms with E-state index in [9.17, 15) is 0 Å². The summed E-state index contributed by atoms with van der Waals surface area (Å²) in [5.74, 6) is 1.12. The highest BCUT2D eigenvalue weighted by atomic mass is 32.1. The fourth-order valence-electron chi connectivity index (χ4n) is 3.96. The standard InChI is InChI=1S/C26H28N4S/c1-3-4-9-25-29-23-15-14-21(28-26(27)31)16-24(23)30(25)17-19-10-12-20(13-11-19)22-8-6-5-7-18(22)2/h5-8,10-16H,3-4,9,17H2,1-2H3,(H3,27,28,31). The molecule has 4 nitrogen and oxygen atoms in total. The van der Waals surface area contributed by atoms with Gasteiger partial charge in [-0.3, -0.25) is 0 Å². The normalized spacial score (nSPS) is 11.0. The van der Waals surface area contributed by atoms with Crippen LogP contribution in [0, 0.1) is 6.92 Å². The zero-order valence-corrected chi connectivity index (χ0v) is 18.9. The van der Waals surface area contributed by atoms with E-state index < -0.39 is 0 Å². The number of benzene rings is 3. The summed E-state index contributed by atoms with van der Waals surface area (Å²) < 4.78 is 2.32. The molecule has 0 aliphatic heterocycles. The van der Waals surface area contributed by atoms with Gasteiger partial charge in [-0.1, -0.05) is 61.9 Å². The number of thiocarbonyl (C=S) groups is 1. The van der Waals surface area contributed by atoms with Gasteiger partial charge in [0.15, 0.2) is 5.11 Å². The largest absolute Gasteiger partial charge is 0.376 e. The number of nitrogens with one attached hydrogen (secondary N) is 1. The molecule has 0 spiro atoms. The zero-order valence-electron chi connectivity index (χ0n) is 18.1. The Kier molecular flexibility index (Phi) is 6.33. The first-order valence-electron chi connectivity index (χ1n) is 10.8. The Balaban J connectivity index is 1.68. The Morgan fingerprint density at radius 3 is 2.55 bits per heavy atom. The summed E-state index contributed by atoms with van der Waals surface area (Å²) in [7, 11) is 0. The SMILES string of the molecule is CCCCc1nc2ccc(NC(N)=S)cc2n1Cc1ccc(-c2ccccc2C)cc1. The van der Waals surface area contributed by atoms with E-state index in [1.54, 1.807) is 0 Å². The van der Waals surface area contributed by atoms with Crippen molar-refractivity contribution in [3.63, 3.8) is 0 Å². The van der Waals surface area contributed by atoms with E-state index in [1.165, 1.54) is 22.3 Å². The molecular weight excluding hydrogens is 400 g/mol. The van der Waals surface area contributed by atoms with Crippen molar-refractivity contribution in [2.45, 2.75) is 39.7 Å². The molecule has 1 aromatic heterocycles. The number of anilines is 1. The van der Waals surface area contributed by atoms with Crippen molar-refractivity contribution in [1.82, 2.24) is 9.55 Å². The molecule has 0 bridgehead atoms. The van der Waals surface area contributed by atoms with Gasteiger partial charge in [-0.25, -0.2) is 4.98 Å². The van der Waals surface area contributed by atoms with Crippen molar-refractivity contribution in [3.8, 4) is 11.1 Å². The highest BCUT2D eigenvalue weighted by Gasteiger charge is 2.12. The maximum atomic E-state index is 5.67. The molecule has 0 saturated carbocycles. The average molecular weight is 429 g/mol. The highest BCUT2D eigenvalue weighted by molar-refractivity contribution is 7.80. The molecule has 0 saturated heterocycles. The number of aryl methyl sites for hydroxylation is 2. The minimum Gasteiger partial charge on any atom is -0.376 e. The van der Waals surface area contributed by atoms with Crippen LogP contribution in [0.15, 0.2) is 66.7 Å². The van der Waals surface area contributed by atoms with Crippen LogP contribution < -0.4 is 11.1 Å². The molecule has 0 aliphatic carbocycles. The van der Waals surface area contributed by atoms with Gasteiger partial charge in [0, 0.05) is 18.7 Å². The summed E-state index contributed by atoms with van der Waals surface area (Å²) in [6.07, 6.45) is 3.22. The predicted octanol–water partition coefficient (Wildman–Crippen LogP) is 6.06. The Hall–Kier alpha value is -3.18. The zero-order chi connectivity index (χ0) is 21.8. The molecule has 0 aliphatic rings. The summed E-state index contributed by atoms with van der Waals surface area (Å²) in [5.41, 5.74) is 13.7. The molecule has 0 atom stereocenters. The molecule has 4 aromatic rings. The maximum absolute atomic E-state index is 5.67. The number of imidazole rings is 1. The molecule has 3 aromatic carbocycles. The van der Waals surface area contributed by atoms with Crippen molar-refractivity contribution >= 4 is 34.1 Å². The van der Waals surface area contributed by atoms with Gasteiger partial charge in [0.25, 0.3) is 0 Å². The van der Waals surface area contributed by atoms with Gasteiger partial charge in [-0.15, -0.1) is 0 Å². The molecular formula is C26H28N4S. The minimum atomic E-state index is 0.267. The van der Waals surface area contributed by atoms with Gasteiger partial charge in [0.1, 0.15) is 5.82 Å². The molecule has 3 N–H and O–H groups in total. The van der Waals surface area contributed by atoms with Gasteiger partial charge in [0.05, 0.1) is 11.0 Å². The van der Waals surface area contributed by atoms with E-state index in [-0.39, 0.29) is 5.11 Å². The van der Waals surface area contributed by atoms with Crippen LogP contribution in [-0.4, -0.2) is 14.7 Å². The third-order valence-corrected chi connectivity index (χ3v) is 5.70.